The van der Waals surface area contributed by atoms with Crippen molar-refractivity contribution in [3.05, 3.63) is 144 Å². The molecule has 5 aromatic carbocycles. The van der Waals surface area contributed by atoms with Crippen molar-refractivity contribution < 1.29 is 0 Å². The molecular weight excluding hydrogens is 506 g/mol. The van der Waals surface area contributed by atoms with Crippen LogP contribution in [0.2, 0.25) is 0 Å². The van der Waals surface area contributed by atoms with Crippen LogP contribution in [0.3, 0.4) is 0 Å². The highest BCUT2D eigenvalue weighted by Crippen LogP contribution is 2.46. The van der Waals surface area contributed by atoms with Crippen LogP contribution in [-0.2, 0) is 11.8 Å². The Labute approximate surface area is 251 Å². The van der Waals surface area contributed by atoms with Crippen LogP contribution in [0.15, 0.2) is 121 Å². The van der Waals surface area contributed by atoms with Crippen molar-refractivity contribution in [2.24, 2.45) is 0 Å². The van der Waals surface area contributed by atoms with Gasteiger partial charge in [0.15, 0.2) is 0 Å². The fourth-order valence-corrected chi connectivity index (χ4v) is 6.47. The van der Waals surface area contributed by atoms with E-state index in [0.29, 0.717) is 5.92 Å². The number of nitrogens with zero attached hydrogens (tertiary/aromatic N) is 1. The normalized spacial score (nSPS) is 15.1. The molecule has 210 valence electrons. The van der Waals surface area contributed by atoms with E-state index in [-0.39, 0.29) is 5.41 Å². The highest BCUT2D eigenvalue weighted by atomic mass is 15.1. The SMILES string of the molecule is CC=CC(=CC)c1ccc(N(c2ccc(C(C)(C)C)cc2)c2ccc3c(c2)-c2ccc4ccccc4c2CC3C)cc1. The maximum absolute atomic E-state index is 2.42. The third-order valence-corrected chi connectivity index (χ3v) is 8.77. The van der Waals surface area contributed by atoms with Gasteiger partial charge in [-0.1, -0.05) is 113 Å². The Bertz CT molecular complexity index is 1790. The number of hydrogen-bond acceptors (Lipinski definition) is 1. The molecule has 0 aromatic heterocycles. The molecule has 1 atom stereocenters. The average molecular weight is 548 g/mol. The van der Waals surface area contributed by atoms with Crippen LogP contribution in [0.4, 0.5) is 17.1 Å². The first kappa shape index (κ1) is 27.8. The topological polar surface area (TPSA) is 3.24 Å². The molecule has 0 aliphatic heterocycles. The van der Waals surface area contributed by atoms with Gasteiger partial charge < -0.3 is 4.90 Å². The van der Waals surface area contributed by atoms with Crippen LogP contribution in [-0.4, -0.2) is 0 Å². The second kappa shape index (κ2) is 11.1. The monoisotopic (exact) mass is 547 g/mol. The Morgan fingerprint density at radius 2 is 1.40 bits per heavy atom. The zero-order valence-corrected chi connectivity index (χ0v) is 25.8. The molecule has 0 bridgehead atoms. The largest absolute Gasteiger partial charge is 0.310 e. The van der Waals surface area contributed by atoms with Gasteiger partial charge in [0, 0.05) is 17.1 Å². The molecule has 1 aliphatic rings. The Morgan fingerprint density at radius 1 is 0.738 bits per heavy atom. The fourth-order valence-electron chi connectivity index (χ4n) is 6.47. The Morgan fingerprint density at radius 3 is 2.07 bits per heavy atom. The van der Waals surface area contributed by atoms with Crippen molar-refractivity contribution >= 4 is 33.4 Å². The summed E-state index contributed by atoms with van der Waals surface area (Å²) < 4.78 is 0. The van der Waals surface area contributed by atoms with Gasteiger partial charge in [-0.05, 0) is 118 Å². The van der Waals surface area contributed by atoms with Crippen LogP contribution < -0.4 is 4.90 Å². The summed E-state index contributed by atoms with van der Waals surface area (Å²) in [6, 6.07) is 38.6. The predicted octanol–water partition coefficient (Wildman–Crippen LogP) is 11.9. The lowest BCUT2D eigenvalue weighted by atomic mass is 9.77. The molecule has 0 amide bonds. The third-order valence-electron chi connectivity index (χ3n) is 8.77. The van der Waals surface area contributed by atoms with Crippen molar-refractivity contribution in [2.75, 3.05) is 4.90 Å². The molecule has 1 aliphatic carbocycles. The van der Waals surface area contributed by atoms with Gasteiger partial charge in [0.05, 0.1) is 0 Å². The van der Waals surface area contributed by atoms with Crippen LogP contribution in [0.25, 0.3) is 27.5 Å². The van der Waals surface area contributed by atoms with E-state index in [1.165, 1.54) is 55.4 Å². The highest BCUT2D eigenvalue weighted by molar-refractivity contribution is 5.94. The van der Waals surface area contributed by atoms with Gasteiger partial charge in [-0.15, -0.1) is 0 Å². The van der Waals surface area contributed by atoms with Gasteiger partial charge in [-0.3, -0.25) is 0 Å². The van der Waals surface area contributed by atoms with Crippen LogP contribution in [0.1, 0.15) is 69.7 Å². The minimum Gasteiger partial charge on any atom is -0.310 e. The lowest BCUT2D eigenvalue weighted by Crippen LogP contribution is -2.14. The fraction of sp³-hybridized carbons (Fsp3) is 0.220. The molecule has 42 heavy (non-hydrogen) atoms. The van der Waals surface area contributed by atoms with E-state index in [1.54, 1.807) is 0 Å². The summed E-state index contributed by atoms with van der Waals surface area (Å²) in [6.45, 7) is 13.4. The number of hydrogen-bond donors (Lipinski definition) is 0. The first-order chi connectivity index (χ1) is 20.3. The van der Waals surface area contributed by atoms with Crippen molar-refractivity contribution in [3.63, 3.8) is 0 Å². The quantitative estimate of drug-likeness (QED) is 0.198. The number of rotatable bonds is 5. The summed E-state index contributed by atoms with van der Waals surface area (Å²) >= 11 is 0. The lowest BCUT2D eigenvalue weighted by Gasteiger charge is -2.31. The molecule has 5 aromatic rings. The molecule has 0 fully saturated rings. The van der Waals surface area contributed by atoms with Gasteiger partial charge in [0.2, 0.25) is 0 Å². The average Bonchev–Trinajstić information content (AvgIpc) is 3.00. The van der Waals surface area contributed by atoms with E-state index in [2.05, 4.69) is 168 Å². The van der Waals surface area contributed by atoms with E-state index < -0.39 is 0 Å². The first-order valence-corrected chi connectivity index (χ1v) is 15.2. The van der Waals surface area contributed by atoms with Crippen LogP contribution in [0.5, 0.6) is 0 Å². The van der Waals surface area contributed by atoms with Crippen molar-refractivity contribution in [2.45, 2.75) is 59.3 Å². The van der Waals surface area contributed by atoms with Gasteiger partial charge in [-0.25, -0.2) is 0 Å². The molecule has 6 rings (SSSR count). The highest BCUT2D eigenvalue weighted by Gasteiger charge is 2.25. The molecule has 0 N–H and O–H groups in total. The summed E-state index contributed by atoms with van der Waals surface area (Å²) in [5, 5.41) is 2.70. The maximum Gasteiger partial charge on any atom is 0.0467 e. The standard InChI is InChI=1S/C41H41N/c1-7-11-29(8-2)30-14-19-33(20-15-30)42(34-21-17-32(18-22-34)41(4,5)6)35-23-25-36-28(3)26-39-37-13-10-9-12-31(37)16-24-38(39)40(36)27-35/h7-25,27-28H,26H2,1-6H3. The second-order valence-electron chi connectivity index (χ2n) is 12.6. The molecule has 0 radical (unpaired) electrons. The number of anilines is 3. The van der Waals surface area contributed by atoms with Crippen LogP contribution >= 0.6 is 0 Å². The van der Waals surface area contributed by atoms with E-state index in [9.17, 15) is 0 Å². The molecule has 1 heteroatoms. The minimum absolute atomic E-state index is 0.106. The van der Waals surface area contributed by atoms with Crippen molar-refractivity contribution in [3.8, 4) is 11.1 Å². The second-order valence-corrected chi connectivity index (χ2v) is 12.6. The molecule has 0 spiro atoms. The van der Waals surface area contributed by atoms with E-state index in [4.69, 9.17) is 0 Å². The Balaban J connectivity index is 1.51. The summed E-state index contributed by atoms with van der Waals surface area (Å²) in [6.07, 6.45) is 7.51. The zero-order valence-electron chi connectivity index (χ0n) is 25.8. The van der Waals surface area contributed by atoms with Crippen LogP contribution in [0, 0.1) is 0 Å². The summed E-state index contributed by atoms with van der Waals surface area (Å²) in [5.41, 5.74) is 13.0. The summed E-state index contributed by atoms with van der Waals surface area (Å²) in [5.74, 6) is 0.469. The van der Waals surface area contributed by atoms with Crippen molar-refractivity contribution in [1.82, 2.24) is 0 Å². The summed E-state index contributed by atoms with van der Waals surface area (Å²) in [7, 11) is 0. The lowest BCUT2D eigenvalue weighted by molar-refractivity contribution is 0.590. The molecular formula is C41H41N. The third kappa shape index (κ3) is 5.09. The molecule has 1 nitrogen and oxygen atoms in total. The molecule has 0 saturated carbocycles. The summed E-state index contributed by atoms with van der Waals surface area (Å²) in [4.78, 5) is 2.40. The van der Waals surface area contributed by atoms with Crippen molar-refractivity contribution in [1.29, 1.82) is 0 Å². The number of fused-ring (bicyclic) bond motifs is 5. The smallest absolute Gasteiger partial charge is 0.0467 e. The number of benzene rings is 5. The van der Waals surface area contributed by atoms with E-state index >= 15 is 0 Å². The Kier molecular flexibility index (Phi) is 7.37. The Hall–Kier alpha value is -4.36. The zero-order chi connectivity index (χ0) is 29.4. The van der Waals surface area contributed by atoms with Gasteiger partial charge >= 0.3 is 0 Å². The van der Waals surface area contributed by atoms with Gasteiger partial charge in [0.25, 0.3) is 0 Å². The van der Waals surface area contributed by atoms with Gasteiger partial charge in [0.1, 0.15) is 0 Å². The van der Waals surface area contributed by atoms with E-state index in [1.807, 2.05) is 0 Å². The van der Waals surface area contributed by atoms with E-state index in [0.717, 1.165) is 17.8 Å². The molecule has 0 saturated heterocycles. The first-order valence-electron chi connectivity index (χ1n) is 15.2. The predicted molar refractivity (Wildman–Crippen MR) is 183 cm³/mol. The molecule has 0 heterocycles. The number of allylic oxidation sites excluding steroid dienone is 4. The molecule has 1 unspecified atom stereocenters. The maximum atomic E-state index is 2.42. The van der Waals surface area contributed by atoms with Gasteiger partial charge in [-0.2, -0.15) is 0 Å². The minimum atomic E-state index is 0.106.